The van der Waals surface area contributed by atoms with Crippen molar-refractivity contribution in [2.24, 2.45) is 0 Å². The van der Waals surface area contributed by atoms with Crippen LogP contribution in [-0.2, 0) is 5.41 Å². The highest BCUT2D eigenvalue weighted by Crippen LogP contribution is 2.29. The number of halogens is 2. The number of aromatic nitrogens is 5. The van der Waals surface area contributed by atoms with Gasteiger partial charge in [-0.05, 0) is 0 Å². The Bertz CT molecular complexity index is 1180. The van der Waals surface area contributed by atoms with Gasteiger partial charge in [0.2, 0.25) is 5.95 Å². The second kappa shape index (κ2) is 9.43. The molecule has 0 aliphatic rings. The molecule has 3 aromatic rings. The Morgan fingerprint density at radius 3 is 2.56 bits per heavy atom. The third-order valence-corrected chi connectivity index (χ3v) is 6.30. The van der Waals surface area contributed by atoms with Gasteiger partial charge in [0, 0.05) is 17.8 Å². The highest BCUT2D eigenvalue weighted by atomic mass is 35.5. The SMILES string of the molecule is CC(CC(=O)c1ncnc(N)c1Cl)c1ncc(C(=O)Nc2ncc(Cl)c(C(C)(C)C)n2)s1. The standard InChI is InChI=1S/C20H21Cl2N7O2S/c1-9(5-11(30)14-13(22)16(23)27-8-26-14)18-24-7-12(32-18)17(31)29-19-25-6-10(21)15(28-19)20(2,3)4/h6-9H,5H2,1-4H3,(H2,23,26,27)(H,25,28,29,31). The van der Waals surface area contributed by atoms with Crippen LogP contribution in [0.15, 0.2) is 18.7 Å². The molecule has 168 valence electrons. The lowest BCUT2D eigenvalue weighted by Crippen LogP contribution is -2.18. The summed E-state index contributed by atoms with van der Waals surface area (Å²) in [7, 11) is 0. The first kappa shape index (κ1) is 24.0. The van der Waals surface area contributed by atoms with Crippen LogP contribution in [0.5, 0.6) is 0 Å². The van der Waals surface area contributed by atoms with Gasteiger partial charge in [-0.25, -0.2) is 24.9 Å². The molecule has 3 aromatic heterocycles. The minimum atomic E-state index is -0.402. The van der Waals surface area contributed by atoms with Gasteiger partial charge in [-0.1, -0.05) is 50.9 Å². The van der Waals surface area contributed by atoms with Crippen molar-refractivity contribution in [2.45, 2.75) is 45.4 Å². The van der Waals surface area contributed by atoms with Crippen LogP contribution in [0.2, 0.25) is 10.0 Å². The molecule has 0 saturated heterocycles. The second-order valence-electron chi connectivity index (χ2n) is 8.11. The number of amides is 1. The quantitative estimate of drug-likeness (QED) is 0.477. The van der Waals surface area contributed by atoms with Gasteiger partial charge in [-0.15, -0.1) is 11.3 Å². The van der Waals surface area contributed by atoms with E-state index < -0.39 is 5.91 Å². The highest BCUT2D eigenvalue weighted by Gasteiger charge is 2.23. The zero-order valence-electron chi connectivity index (χ0n) is 17.8. The summed E-state index contributed by atoms with van der Waals surface area (Å²) in [5, 5.41) is 3.74. The van der Waals surface area contributed by atoms with Crippen LogP contribution in [0, 0.1) is 0 Å². The fourth-order valence-electron chi connectivity index (χ4n) is 2.78. The number of hydrogen-bond donors (Lipinski definition) is 2. The van der Waals surface area contributed by atoms with Crippen molar-refractivity contribution in [3.63, 3.8) is 0 Å². The zero-order valence-corrected chi connectivity index (χ0v) is 20.1. The summed E-state index contributed by atoms with van der Waals surface area (Å²) < 4.78 is 0. The second-order valence-corrected chi connectivity index (χ2v) is 9.95. The summed E-state index contributed by atoms with van der Waals surface area (Å²) in [4.78, 5) is 46.0. The zero-order chi connectivity index (χ0) is 23.6. The Labute approximate surface area is 198 Å². The van der Waals surface area contributed by atoms with Gasteiger partial charge in [0.25, 0.3) is 5.91 Å². The molecule has 0 fully saturated rings. The van der Waals surface area contributed by atoms with Gasteiger partial charge in [-0.3, -0.25) is 14.9 Å². The van der Waals surface area contributed by atoms with Crippen LogP contribution < -0.4 is 11.1 Å². The van der Waals surface area contributed by atoms with E-state index in [1.807, 2.05) is 27.7 Å². The van der Waals surface area contributed by atoms with Crippen LogP contribution in [0.25, 0.3) is 0 Å². The van der Waals surface area contributed by atoms with Crippen molar-refractivity contribution in [1.82, 2.24) is 24.9 Å². The minimum absolute atomic E-state index is 0.0292. The van der Waals surface area contributed by atoms with E-state index in [9.17, 15) is 9.59 Å². The molecule has 1 unspecified atom stereocenters. The Balaban J connectivity index is 1.70. The Hall–Kier alpha value is -2.69. The average Bonchev–Trinajstić information content (AvgIpc) is 3.21. The predicted molar refractivity (Wildman–Crippen MR) is 125 cm³/mol. The number of Topliss-reactive ketones (excluding diaryl/α,β-unsaturated/α-hetero) is 1. The molecule has 1 atom stereocenters. The maximum absolute atomic E-state index is 12.7. The molecule has 3 rings (SSSR count). The molecular formula is C20H21Cl2N7O2S. The molecule has 32 heavy (non-hydrogen) atoms. The number of carbonyl (C=O) groups excluding carboxylic acids is 2. The number of nitrogens with zero attached hydrogens (tertiary/aromatic N) is 5. The van der Waals surface area contributed by atoms with Crippen molar-refractivity contribution < 1.29 is 9.59 Å². The van der Waals surface area contributed by atoms with Crippen LogP contribution in [0.4, 0.5) is 11.8 Å². The van der Waals surface area contributed by atoms with Crippen molar-refractivity contribution in [3.05, 3.63) is 50.0 Å². The van der Waals surface area contributed by atoms with Crippen molar-refractivity contribution in [3.8, 4) is 0 Å². The molecule has 0 bridgehead atoms. The number of thiazole rings is 1. The number of carbonyl (C=O) groups is 2. The van der Waals surface area contributed by atoms with E-state index in [0.717, 1.165) is 0 Å². The Kier molecular flexibility index (Phi) is 7.06. The van der Waals surface area contributed by atoms with Crippen LogP contribution in [0.3, 0.4) is 0 Å². The van der Waals surface area contributed by atoms with Crippen molar-refractivity contribution in [1.29, 1.82) is 0 Å². The van der Waals surface area contributed by atoms with E-state index in [4.69, 9.17) is 28.9 Å². The summed E-state index contributed by atoms with van der Waals surface area (Å²) in [5.74, 6) is -0.757. The molecule has 0 aromatic carbocycles. The van der Waals surface area contributed by atoms with E-state index >= 15 is 0 Å². The van der Waals surface area contributed by atoms with Gasteiger partial charge < -0.3 is 5.73 Å². The summed E-state index contributed by atoms with van der Waals surface area (Å²) in [6, 6.07) is 0. The number of nitrogens with one attached hydrogen (secondary N) is 1. The molecule has 0 saturated carbocycles. The van der Waals surface area contributed by atoms with Gasteiger partial charge in [0.05, 0.1) is 28.1 Å². The Morgan fingerprint density at radius 2 is 1.88 bits per heavy atom. The van der Waals surface area contributed by atoms with Crippen molar-refractivity contribution in [2.75, 3.05) is 11.1 Å². The van der Waals surface area contributed by atoms with Gasteiger partial charge in [-0.2, -0.15) is 0 Å². The average molecular weight is 494 g/mol. The van der Waals surface area contributed by atoms with Gasteiger partial charge in [0.15, 0.2) is 5.78 Å². The first-order valence-electron chi connectivity index (χ1n) is 9.56. The smallest absolute Gasteiger partial charge is 0.269 e. The van der Waals surface area contributed by atoms with E-state index in [1.165, 1.54) is 30.1 Å². The van der Waals surface area contributed by atoms with E-state index in [0.29, 0.717) is 20.6 Å². The molecule has 0 spiro atoms. The summed E-state index contributed by atoms with van der Waals surface area (Å²) in [5.41, 5.74) is 6.02. The largest absolute Gasteiger partial charge is 0.382 e. The number of nitrogens with two attached hydrogens (primary N) is 1. The fraction of sp³-hybridized carbons (Fsp3) is 0.350. The minimum Gasteiger partial charge on any atom is -0.382 e. The first-order valence-corrected chi connectivity index (χ1v) is 11.1. The lowest BCUT2D eigenvalue weighted by molar-refractivity contribution is 0.0969. The molecule has 0 aliphatic heterocycles. The maximum atomic E-state index is 12.7. The van der Waals surface area contributed by atoms with E-state index in [2.05, 4.69) is 30.2 Å². The number of hydrogen-bond acceptors (Lipinski definition) is 9. The van der Waals surface area contributed by atoms with Crippen LogP contribution in [-0.4, -0.2) is 36.6 Å². The van der Waals surface area contributed by atoms with Crippen LogP contribution in [0.1, 0.15) is 70.9 Å². The molecule has 3 N–H and O–H groups in total. The molecule has 0 radical (unpaired) electrons. The number of rotatable bonds is 6. The number of nitrogen functional groups attached to an aromatic ring is 1. The molecule has 9 nitrogen and oxygen atoms in total. The van der Waals surface area contributed by atoms with Crippen molar-refractivity contribution >= 4 is 58.0 Å². The summed E-state index contributed by atoms with van der Waals surface area (Å²) >= 11 is 13.4. The third-order valence-electron chi connectivity index (χ3n) is 4.42. The van der Waals surface area contributed by atoms with Gasteiger partial charge >= 0.3 is 0 Å². The van der Waals surface area contributed by atoms with Crippen LogP contribution >= 0.6 is 34.5 Å². The first-order chi connectivity index (χ1) is 15.0. The maximum Gasteiger partial charge on any atom is 0.269 e. The molecule has 0 aliphatic carbocycles. The third kappa shape index (κ3) is 5.37. The number of ketones is 1. The van der Waals surface area contributed by atoms with Gasteiger partial charge in [0.1, 0.15) is 27.7 Å². The number of anilines is 2. The summed E-state index contributed by atoms with van der Waals surface area (Å²) in [6.45, 7) is 7.73. The predicted octanol–water partition coefficient (Wildman–Crippen LogP) is 4.54. The fourth-order valence-corrected chi connectivity index (χ4v) is 4.22. The molecule has 12 heteroatoms. The lowest BCUT2D eigenvalue weighted by Gasteiger charge is -2.19. The molecule has 3 heterocycles. The molecular weight excluding hydrogens is 473 g/mol. The lowest BCUT2D eigenvalue weighted by atomic mass is 9.92. The van der Waals surface area contributed by atoms with E-state index in [1.54, 1.807) is 0 Å². The molecule has 1 amide bonds. The summed E-state index contributed by atoms with van der Waals surface area (Å²) in [6.07, 6.45) is 4.20. The normalized spacial score (nSPS) is 12.4. The topological polar surface area (TPSA) is 137 Å². The monoisotopic (exact) mass is 493 g/mol. The Morgan fingerprint density at radius 1 is 1.16 bits per heavy atom. The highest BCUT2D eigenvalue weighted by molar-refractivity contribution is 7.13. The van der Waals surface area contributed by atoms with E-state index in [-0.39, 0.29) is 46.0 Å².